The van der Waals surface area contributed by atoms with Crippen molar-refractivity contribution in [1.29, 1.82) is 0 Å². The minimum Gasteiger partial charge on any atom is -0.487 e. The Balaban J connectivity index is 1.89. The first-order valence-electron chi connectivity index (χ1n) is 12.2. The first-order chi connectivity index (χ1) is 19.1. The second kappa shape index (κ2) is 14.1. The third-order valence-electron chi connectivity index (χ3n) is 5.54. The van der Waals surface area contributed by atoms with Crippen LogP contribution in [0.4, 0.5) is 11.4 Å². The van der Waals surface area contributed by atoms with E-state index in [1.165, 1.54) is 13.2 Å². The van der Waals surface area contributed by atoms with Gasteiger partial charge in [0.15, 0.2) is 23.9 Å². The number of halogens is 1. The Morgan fingerprint density at radius 3 is 2.45 bits per heavy atom. The highest BCUT2D eigenvalue weighted by molar-refractivity contribution is 6.31. The van der Waals surface area contributed by atoms with Gasteiger partial charge in [-0.25, -0.2) is 4.79 Å². The smallest absolute Gasteiger partial charge is 0.343 e. The number of aliphatic hydroxyl groups is 1. The van der Waals surface area contributed by atoms with Crippen LogP contribution in [0.1, 0.15) is 40.9 Å². The zero-order valence-electron chi connectivity index (χ0n) is 22.2. The number of amides is 1. The Bertz CT molecular complexity index is 1380. The second-order valence-corrected chi connectivity index (χ2v) is 9.27. The summed E-state index contributed by atoms with van der Waals surface area (Å²) in [5.74, 6) is -0.407. The molecule has 0 bridgehead atoms. The van der Waals surface area contributed by atoms with Crippen LogP contribution in [0.25, 0.3) is 0 Å². The lowest BCUT2D eigenvalue weighted by molar-refractivity contribution is -0.142. The van der Waals surface area contributed by atoms with Crippen molar-refractivity contribution in [2.45, 2.75) is 33.1 Å². The molecule has 0 spiro atoms. The van der Waals surface area contributed by atoms with Crippen molar-refractivity contribution in [3.05, 3.63) is 81.9 Å². The van der Waals surface area contributed by atoms with Crippen molar-refractivity contribution in [3.63, 3.8) is 0 Å². The Hall–Kier alpha value is -4.48. The van der Waals surface area contributed by atoms with Crippen LogP contribution in [-0.4, -0.2) is 47.8 Å². The zero-order valence-corrected chi connectivity index (χ0v) is 23.0. The van der Waals surface area contributed by atoms with Crippen LogP contribution in [0, 0.1) is 0 Å². The molecule has 0 atom stereocenters. The number of oxime groups is 1. The fourth-order valence-corrected chi connectivity index (χ4v) is 3.84. The number of ether oxygens (including phenoxy) is 3. The molecule has 0 aliphatic rings. The van der Waals surface area contributed by atoms with Crippen LogP contribution >= 0.6 is 11.6 Å². The molecule has 0 fully saturated rings. The van der Waals surface area contributed by atoms with Gasteiger partial charge in [0.2, 0.25) is 0 Å². The SMILES string of the molecule is COC(=O)COc1c(CNc2ccc(Cl)cc2C(=O)Nc2ccc(/C(N)=N/O)cc2)cc(CO)cc1OC(C)C. The molecule has 212 valence electrons. The van der Waals surface area contributed by atoms with Gasteiger partial charge in [-0.15, -0.1) is 0 Å². The lowest BCUT2D eigenvalue weighted by Gasteiger charge is -2.20. The summed E-state index contributed by atoms with van der Waals surface area (Å²) in [5.41, 5.74) is 8.44. The quantitative estimate of drug-likeness (QED) is 0.0707. The van der Waals surface area contributed by atoms with Crippen molar-refractivity contribution in [3.8, 4) is 11.5 Å². The molecule has 0 aliphatic heterocycles. The predicted octanol–water partition coefficient (Wildman–Crippen LogP) is 4.13. The molecule has 0 radical (unpaired) electrons. The summed E-state index contributed by atoms with van der Waals surface area (Å²) in [6, 6.07) is 14.6. The minimum atomic E-state index is -0.573. The molecule has 0 saturated carbocycles. The molecule has 12 heteroatoms. The minimum absolute atomic E-state index is 0.0543. The summed E-state index contributed by atoms with van der Waals surface area (Å²) in [7, 11) is 1.26. The molecule has 0 heterocycles. The molecule has 40 heavy (non-hydrogen) atoms. The maximum absolute atomic E-state index is 13.2. The van der Waals surface area contributed by atoms with Crippen molar-refractivity contribution >= 4 is 40.7 Å². The normalized spacial score (nSPS) is 11.2. The van der Waals surface area contributed by atoms with E-state index in [1.807, 2.05) is 13.8 Å². The topological polar surface area (TPSA) is 165 Å². The number of benzene rings is 3. The third-order valence-corrected chi connectivity index (χ3v) is 5.78. The summed E-state index contributed by atoms with van der Waals surface area (Å²) < 4.78 is 16.4. The number of hydrogen-bond donors (Lipinski definition) is 5. The van der Waals surface area contributed by atoms with E-state index in [0.717, 1.165) is 0 Å². The van der Waals surface area contributed by atoms with Gasteiger partial charge in [-0.3, -0.25) is 4.79 Å². The summed E-state index contributed by atoms with van der Waals surface area (Å²) >= 11 is 6.20. The summed E-state index contributed by atoms with van der Waals surface area (Å²) in [4.78, 5) is 25.0. The number of aliphatic hydroxyl groups excluding tert-OH is 1. The van der Waals surface area contributed by atoms with Crippen molar-refractivity contribution in [2.24, 2.45) is 10.9 Å². The highest BCUT2D eigenvalue weighted by Gasteiger charge is 2.19. The van der Waals surface area contributed by atoms with Crippen LogP contribution in [0.5, 0.6) is 11.5 Å². The zero-order chi connectivity index (χ0) is 29.2. The van der Waals surface area contributed by atoms with E-state index in [0.29, 0.717) is 44.6 Å². The molecule has 0 aromatic heterocycles. The molecule has 11 nitrogen and oxygen atoms in total. The maximum atomic E-state index is 13.2. The Kier molecular flexibility index (Phi) is 10.6. The summed E-state index contributed by atoms with van der Waals surface area (Å²) in [6.07, 6.45) is -0.205. The summed E-state index contributed by atoms with van der Waals surface area (Å²) in [5, 5.41) is 28.0. The molecular weight excluding hydrogens is 540 g/mol. The van der Waals surface area contributed by atoms with Crippen LogP contribution in [-0.2, 0) is 22.7 Å². The number of esters is 1. The predicted molar refractivity (Wildman–Crippen MR) is 151 cm³/mol. The highest BCUT2D eigenvalue weighted by Crippen LogP contribution is 2.35. The number of nitrogens with zero attached hydrogens (tertiary/aromatic N) is 1. The first-order valence-corrected chi connectivity index (χ1v) is 12.6. The van der Waals surface area contributed by atoms with Gasteiger partial charge in [0, 0.05) is 34.1 Å². The number of carbonyl (C=O) groups excluding carboxylic acids is 2. The Morgan fingerprint density at radius 1 is 1.10 bits per heavy atom. The fraction of sp³-hybridized carbons (Fsp3) is 0.250. The molecule has 1 amide bonds. The number of anilines is 2. The van der Waals surface area contributed by atoms with E-state index < -0.39 is 11.9 Å². The van der Waals surface area contributed by atoms with Gasteiger partial charge >= 0.3 is 5.97 Å². The average molecular weight is 571 g/mol. The van der Waals surface area contributed by atoms with Gasteiger partial charge in [-0.2, -0.15) is 0 Å². The second-order valence-electron chi connectivity index (χ2n) is 8.83. The third kappa shape index (κ3) is 8.01. The number of nitrogens with two attached hydrogens (primary N) is 1. The maximum Gasteiger partial charge on any atom is 0.343 e. The van der Waals surface area contributed by atoms with Gasteiger partial charge in [-0.05, 0) is 74.0 Å². The van der Waals surface area contributed by atoms with Gasteiger partial charge in [-0.1, -0.05) is 16.8 Å². The lowest BCUT2D eigenvalue weighted by Crippen LogP contribution is -2.17. The number of methoxy groups -OCH3 is 1. The Morgan fingerprint density at radius 2 is 1.82 bits per heavy atom. The number of rotatable bonds is 12. The molecule has 0 saturated heterocycles. The number of hydrogen-bond acceptors (Lipinski definition) is 9. The number of carbonyl (C=O) groups is 2. The largest absolute Gasteiger partial charge is 0.487 e. The first kappa shape index (κ1) is 30.1. The molecule has 0 unspecified atom stereocenters. The highest BCUT2D eigenvalue weighted by atomic mass is 35.5. The van der Waals surface area contributed by atoms with E-state index in [1.54, 1.807) is 48.5 Å². The summed E-state index contributed by atoms with van der Waals surface area (Å²) in [6.45, 7) is 3.24. The average Bonchev–Trinajstić information content (AvgIpc) is 2.95. The molecule has 3 aromatic rings. The molecular formula is C28H31ClN4O7. The van der Waals surface area contributed by atoms with Crippen molar-refractivity contribution in [1.82, 2.24) is 0 Å². The molecule has 3 rings (SSSR count). The van der Waals surface area contributed by atoms with Crippen molar-refractivity contribution < 1.29 is 34.1 Å². The van der Waals surface area contributed by atoms with Crippen molar-refractivity contribution in [2.75, 3.05) is 24.4 Å². The van der Waals surface area contributed by atoms with Crippen LogP contribution in [0.3, 0.4) is 0 Å². The fourth-order valence-electron chi connectivity index (χ4n) is 3.67. The van der Waals surface area contributed by atoms with Gasteiger partial charge < -0.3 is 40.9 Å². The molecule has 3 aromatic carbocycles. The number of nitrogens with one attached hydrogen (secondary N) is 2. The van der Waals surface area contributed by atoms with Crippen LogP contribution < -0.4 is 25.8 Å². The van der Waals surface area contributed by atoms with E-state index >= 15 is 0 Å². The van der Waals surface area contributed by atoms with Crippen LogP contribution in [0.15, 0.2) is 59.8 Å². The standard InChI is InChI=1S/C28H31ClN4O7/c1-16(2)40-24-11-17(14-34)10-19(26(24)39-15-25(35)38-3)13-31-23-9-6-20(29)12-22(23)28(36)32-21-7-4-18(5-8-21)27(30)33-37/h4-12,16,31,34,37H,13-15H2,1-3H3,(H2,30,33)(H,32,36). The van der Waals surface area contributed by atoms with E-state index in [9.17, 15) is 14.7 Å². The Labute approximate surface area is 236 Å². The van der Waals surface area contributed by atoms with Gasteiger partial charge in [0.05, 0.1) is 25.4 Å². The number of amidine groups is 1. The monoisotopic (exact) mass is 570 g/mol. The van der Waals surface area contributed by atoms with Gasteiger partial charge in [0.1, 0.15) is 0 Å². The van der Waals surface area contributed by atoms with E-state index in [2.05, 4.69) is 15.8 Å². The van der Waals surface area contributed by atoms with Gasteiger partial charge in [0.25, 0.3) is 5.91 Å². The van der Waals surface area contributed by atoms with E-state index in [4.69, 9.17) is 36.8 Å². The molecule has 0 aliphatic carbocycles. The van der Waals surface area contributed by atoms with Crippen LogP contribution in [0.2, 0.25) is 5.02 Å². The van der Waals surface area contributed by atoms with E-state index in [-0.39, 0.29) is 37.3 Å². The lowest BCUT2D eigenvalue weighted by atomic mass is 10.1. The molecule has 6 N–H and O–H groups in total.